The molecule has 5 nitrogen and oxygen atoms in total. The number of hydrogen-bond acceptors (Lipinski definition) is 4. The minimum absolute atomic E-state index is 0.140. The average Bonchev–Trinajstić information content (AvgIpc) is 2.56. The quantitative estimate of drug-likeness (QED) is 0.722. The van der Waals surface area contributed by atoms with E-state index in [9.17, 15) is 13.2 Å². The summed E-state index contributed by atoms with van der Waals surface area (Å²) in [5.74, 6) is 0.393. The van der Waals surface area contributed by atoms with Crippen molar-refractivity contribution in [1.29, 1.82) is 0 Å². The van der Waals surface area contributed by atoms with Crippen molar-refractivity contribution < 1.29 is 13.2 Å². The molecule has 25 heavy (non-hydrogen) atoms. The zero-order valence-electron chi connectivity index (χ0n) is 13.9. The highest BCUT2D eigenvalue weighted by Gasteiger charge is 2.17. The summed E-state index contributed by atoms with van der Waals surface area (Å²) >= 11 is 7.57. The normalized spacial score (nSPS) is 11.5. The first kappa shape index (κ1) is 19.8. The highest BCUT2D eigenvalue weighted by atomic mass is 35.5. The summed E-state index contributed by atoms with van der Waals surface area (Å²) in [6, 6.07) is 13.7. The lowest BCUT2D eigenvalue weighted by molar-refractivity contribution is -0.115. The summed E-state index contributed by atoms with van der Waals surface area (Å²) in [6.45, 7) is 0. The zero-order chi connectivity index (χ0) is 18.4. The molecular formula is C17H19ClN2O3S2. The van der Waals surface area contributed by atoms with Crippen LogP contribution in [0, 0.1) is 0 Å². The van der Waals surface area contributed by atoms with Crippen molar-refractivity contribution in [3.8, 4) is 0 Å². The predicted octanol–water partition coefficient (Wildman–Crippen LogP) is 3.71. The molecular weight excluding hydrogens is 380 g/mol. The molecule has 0 saturated carbocycles. The first-order valence-electron chi connectivity index (χ1n) is 7.50. The van der Waals surface area contributed by atoms with Crippen molar-refractivity contribution in [3.63, 3.8) is 0 Å². The molecule has 134 valence electrons. The maximum atomic E-state index is 12.1. The van der Waals surface area contributed by atoms with E-state index in [-0.39, 0.29) is 10.8 Å². The largest absolute Gasteiger partial charge is 0.326 e. The fourth-order valence-corrected chi connectivity index (χ4v) is 4.12. The van der Waals surface area contributed by atoms with Gasteiger partial charge < -0.3 is 5.32 Å². The Morgan fingerprint density at radius 1 is 1.16 bits per heavy atom. The van der Waals surface area contributed by atoms with Crippen LogP contribution in [0.2, 0.25) is 5.02 Å². The highest BCUT2D eigenvalue weighted by Crippen LogP contribution is 2.27. The molecule has 0 aliphatic carbocycles. The molecule has 0 spiro atoms. The molecule has 2 aromatic carbocycles. The number of anilines is 1. The Kier molecular flexibility index (Phi) is 6.89. The fraction of sp³-hybridized carbons (Fsp3) is 0.235. The number of nitrogens with zero attached hydrogens (tertiary/aromatic N) is 1. The van der Waals surface area contributed by atoms with Gasteiger partial charge in [-0.1, -0.05) is 29.8 Å². The molecule has 2 aromatic rings. The number of carbonyl (C=O) groups excluding carboxylic acids is 1. The molecule has 0 atom stereocenters. The van der Waals surface area contributed by atoms with Crippen LogP contribution in [-0.2, 0) is 14.8 Å². The second-order valence-corrected chi connectivity index (χ2v) is 9.09. The standard InChI is InChI=1S/C17H19ClN2O3S2/c1-20(2)25(22,23)14-7-5-6-13(12-14)19-17(21)10-11-24-16-9-4-3-8-15(16)18/h3-9,12H,10-11H2,1-2H3,(H,19,21). The minimum atomic E-state index is -3.53. The van der Waals surface area contributed by atoms with Gasteiger partial charge in [0, 0.05) is 36.9 Å². The number of carbonyl (C=O) groups is 1. The van der Waals surface area contributed by atoms with Crippen LogP contribution >= 0.6 is 23.4 Å². The molecule has 0 unspecified atom stereocenters. The van der Waals surface area contributed by atoms with Crippen LogP contribution in [0.1, 0.15) is 6.42 Å². The van der Waals surface area contributed by atoms with Crippen LogP contribution in [0.25, 0.3) is 0 Å². The number of halogens is 1. The highest BCUT2D eigenvalue weighted by molar-refractivity contribution is 7.99. The molecule has 2 rings (SSSR count). The maximum Gasteiger partial charge on any atom is 0.242 e. The number of benzene rings is 2. The van der Waals surface area contributed by atoms with Crippen LogP contribution < -0.4 is 5.32 Å². The first-order chi connectivity index (χ1) is 11.8. The summed E-state index contributed by atoms with van der Waals surface area (Å²) < 4.78 is 25.4. The van der Waals surface area contributed by atoms with E-state index >= 15 is 0 Å². The molecule has 0 saturated heterocycles. The second-order valence-electron chi connectivity index (χ2n) is 5.39. The van der Waals surface area contributed by atoms with E-state index in [1.54, 1.807) is 18.2 Å². The van der Waals surface area contributed by atoms with Gasteiger partial charge >= 0.3 is 0 Å². The van der Waals surface area contributed by atoms with Gasteiger partial charge in [-0.15, -0.1) is 11.8 Å². The lowest BCUT2D eigenvalue weighted by Gasteiger charge is -2.12. The van der Waals surface area contributed by atoms with Gasteiger partial charge in [-0.25, -0.2) is 12.7 Å². The van der Waals surface area contributed by atoms with E-state index in [0.29, 0.717) is 22.9 Å². The van der Waals surface area contributed by atoms with Gasteiger partial charge in [-0.3, -0.25) is 4.79 Å². The molecule has 0 heterocycles. The fourth-order valence-electron chi connectivity index (χ4n) is 1.98. The van der Waals surface area contributed by atoms with Gasteiger partial charge in [0.25, 0.3) is 0 Å². The van der Waals surface area contributed by atoms with Gasteiger partial charge in [0.1, 0.15) is 0 Å². The molecule has 0 fully saturated rings. The topological polar surface area (TPSA) is 66.5 Å². The molecule has 0 aliphatic heterocycles. The number of rotatable bonds is 7. The van der Waals surface area contributed by atoms with Crippen LogP contribution in [0.3, 0.4) is 0 Å². The summed E-state index contributed by atoms with van der Waals surface area (Å²) in [4.78, 5) is 13.1. The Morgan fingerprint density at radius 2 is 1.88 bits per heavy atom. The number of thioether (sulfide) groups is 1. The third kappa shape index (κ3) is 5.47. The van der Waals surface area contributed by atoms with Crippen molar-refractivity contribution in [3.05, 3.63) is 53.6 Å². The monoisotopic (exact) mass is 398 g/mol. The van der Waals surface area contributed by atoms with Crippen LogP contribution in [0.15, 0.2) is 58.3 Å². The lowest BCUT2D eigenvalue weighted by Crippen LogP contribution is -2.22. The van der Waals surface area contributed by atoms with Crippen molar-refractivity contribution in [1.82, 2.24) is 4.31 Å². The van der Waals surface area contributed by atoms with Gasteiger partial charge in [0.2, 0.25) is 15.9 Å². The molecule has 8 heteroatoms. The molecule has 0 aromatic heterocycles. The van der Waals surface area contributed by atoms with E-state index in [0.717, 1.165) is 9.20 Å². The van der Waals surface area contributed by atoms with Gasteiger partial charge in [-0.2, -0.15) is 0 Å². The summed E-state index contributed by atoms with van der Waals surface area (Å²) in [6.07, 6.45) is 0.292. The van der Waals surface area contributed by atoms with Crippen LogP contribution in [0.5, 0.6) is 0 Å². The van der Waals surface area contributed by atoms with E-state index in [1.807, 2.05) is 18.2 Å². The van der Waals surface area contributed by atoms with Crippen molar-refractivity contribution >= 4 is 45.0 Å². The lowest BCUT2D eigenvalue weighted by atomic mass is 10.3. The summed E-state index contributed by atoms with van der Waals surface area (Å²) in [7, 11) is -0.600. The number of hydrogen-bond donors (Lipinski definition) is 1. The summed E-state index contributed by atoms with van der Waals surface area (Å²) in [5.41, 5.74) is 0.454. The van der Waals surface area contributed by atoms with Crippen molar-refractivity contribution in [2.75, 3.05) is 25.2 Å². The number of sulfonamides is 1. The van der Waals surface area contributed by atoms with Crippen molar-refractivity contribution in [2.24, 2.45) is 0 Å². The van der Waals surface area contributed by atoms with Crippen molar-refractivity contribution in [2.45, 2.75) is 16.2 Å². The van der Waals surface area contributed by atoms with Gasteiger partial charge in [-0.05, 0) is 30.3 Å². The number of nitrogens with one attached hydrogen (secondary N) is 1. The average molecular weight is 399 g/mol. The Balaban J connectivity index is 1.94. The zero-order valence-corrected chi connectivity index (χ0v) is 16.3. The van der Waals surface area contributed by atoms with Gasteiger partial charge in [0.05, 0.1) is 9.92 Å². The Bertz CT molecular complexity index is 854. The van der Waals surface area contributed by atoms with E-state index in [2.05, 4.69) is 5.32 Å². The van der Waals surface area contributed by atoms with E-state index in [1.165, 1.54) is 38.0 Å². The Labute approximate surface area is 157 Å². The molecule has 0 aliphatic rings. The molecule has 1 amide bonds. The summed E-state index contributed by atoms with van der Waals surface area (Å²) in [5, 5.41) is 3.39. The third-order valence-electron chi connectivity index (χ3n) is 3.32. The number of amides is 1. The minimum Gasteiger partial charge on any atom is -0.326 e. The van der Waals surface area contributed by atoms with Crippen LogP contribution in [0.4, 0.5) is 5.69 Å². The smallest absolute Gasteiger partial charge is 0.242 e. The maximum absolute atomic E-state index is 12.1. The van der Waals surface area contributed by atoms with Gasteiger partial charge in [0.15, 0.2) is 0 Å². The van der Waals surface area contributed by atoms with E-state index < -0.39 is 10.0 Å². The Hall–Kier alpha value is -1.54. The molecule has 1 N–H and O–H groups in total. The molecule has 0 bridgehead atoms. The van der Waals surface area contributed by atoms with Crippen LogP contribution in [-0.4, -0.2) is 38.5 Å². The second kappa shape index (κ2) is 8.71. The predicted molar refractivity (Wildman–Crippen MR) is 103 cm³/mol. The van der Waals surface area contributed by atoms with E-state index in [4.69, 9.17) is 11.6 Å². The SMILES string of the molecule is CN(C)S(=O)(=O)c1cccc(NC(=O)CCSc2ccccc2Cl)c1. The first-order valence-corrected chi connectivity index (χ1v) is 10.3. The molecule has 0 radical (unpaired) electrons. The third-order valence-corrected chi connectivity index (χ3v) is 6.65. The Morgan fingerprint density at radius 3 is 2.56 bits per heavy atom.